The summed E-state index contributed by atoms with van der Waals surface area (Å²) in [6, 6.07) is 43.4. The van der Waals surface area contributed by atoms with Crippen LogP contribution in [-0.2, 0) is 12.8 Å². The fourth-order valence-electron chi connectivity index (χ4n) is 5.43. The van der Waals surface area contributed by atoms with Gasteiger partial charge in [0.15, 0.2) is 0 Å². The molecule has 0 nitrogen and oxygen atoms in total. The Morgan fingerprint density at radius 3 is 1.26 bits per heavy atom. The van der Waals surface area contributed by atoms with Crippen molar-refractivity contribution < 1.29 is 0 Å². The maximum absolute atomic E-state index is 2.37. The van der Waals surface area contributed by atoms with Gasteiger partial charge >= 0.3 is 201 Å². The van der Waals surface area contributed by atoms with E-state index in [1.807, 2.05) is 0 Å². The molecule has 0 saturated heterocycles. The summed E-state index contributed by atoms with van der Waals surface area (Å²) in [5, 5.41) is 4.58. The van der Waals surface area contributed by atoms with E-state index in [1.54, 1.807) is 0 Å². The second-order valence-corrected chi connectivity index (χ2v) is 13.9. The summed E-state index contributed by atoms with van der Waals surface area (Å²) in [6.07, 6.45) is 11.4. The van der Waals surface area contributed by atoms with E-state index in [-0.39, 0.29) is 0 Å². The first-order chi connectivity index (χ1) is 17.3. The number of hydrogen-bond donors (Lipinski definition) is 0. The van der Waals surface area contributed by atoms with Gasteiger partial charge in [-0.25, -0.2) is 0 Å². The fourth-order valence-corrected chi connectivity index (χ4v) is 10.4. The van der Waals surface area contributed by atoms with E-state index >= 15 is 0 Å². The number of aryl methyl sites for hydroxylation is 2. The standard InChI is InChI=1S/C34H41P/c1-2-3-17-30-25-27-31(28-26-30)18-9-4-5-16-29-35(32-19-10-6-11-20-32,33-21-12-7-13-22-33)34-23-14-8-15-24-34/h6-8,10-15,19-28,35H,2-5,9,16-18,29H2,1H3. The van der Waals surface area contributed by atoms with Crippen molar-refractivity contribution in [2.75, 3.05) is 6.16 Å². The summed E-state index contributed by atoms with van der Waals surface area (Å²) in [4.78, 5) is 0. The summed E-state index contributed by atoms with van der Waals surface area (Å²) < 4.78 is 0. The molecule has 0 aliphatic carbocycles. The van der Waals surface area contributed by atoms with Crippen molar-refractivity contribution >= 4 is 23.2 Å². The van der Waals surface area contributed by atoms with Crippen LogP contribution in [0.2, 0.25) is 0 Å². The van der Waals surface area contributed by atoms with E-state index < -0.39 is 7.26 Å². The van der Waals surface area contributed by atoms with Crippen LogP contribution in [0.25, 0.3) is 0 Å². The van der Waals surface area contributed by atoms with E-state index in [0.717, 1.165) is 0 Å². The molecule has 0 saturated carbocycles. The molecule has 4 rings (SSSR count). The number of hydrogen-bond acceptors (Lipinski definition) is 0. The second-order valence-electron chi connectivity index (χ2n) is 9.84. The second kappa shape index (κ2) is 13.4. The van der Waals surface area contributed by atoms with Crippen molar-refractivity contribution in [3.05, 3.63) is 126 Å². The van der Waals surface area contributed by atoms with E-state index in [9.17, 15) is 0 Å². The molecule has 0 spiro atoms. The summed E-state index contributed by atoms with van der Waals surface area (Å²) >= 11 is 0. The molecule has 0 aromatic heterocycles. The zero-order valence-corrected chi connectivity index (χ0v) is 22.3. The van der Waals surface area contributed by atoms with E-state index in [0.29, 0.717) is 0 Å². The summed E-state index contributed by atoms with van der Waals surface area (Å²) in [5.41, 5.74) is 2.98. The Morgan fingerprint density at radius 2 is 0.829 bits per heavy atom. The number of unbranched alkanes of at least 4 members (excludes halogenated alkanes) is 4. The van der Waals surface area contributed by atoms with E-state index in [1.165, 1.54) is 84.6 Å². The van der Waals surface area contributed by atoms with Crippen LogP contribution in [0.15, 0.2) is 115 Å². The van der Waals surface area contributed by atoms with Crippen LogP contribution in [0.5, 0.6) is 0 Å². The van der Waals surface area contributed by atoms with Crippen LogP contribution in [-0.4, -0.2) is 6.16 Å². The van der Waals surface area contributed by atoms with Crippen molar-refractivity contribution in [1.82, 2.24) is 0 Å². The van der Waals surface area contributed by atoms with Gasteiger partial charge in [0.1, 0.15) is 0 Å². The van der Waals surface area contributed by atoms with Gasteiger partial charge in [0.25, 0.3) is 0 Å². The monoisotopic (exact) mass is 480 g/mol. The quantitative estimate of drug-likeness (QED) is 0.135. The first kappa shape index (κ1) is 25.4. The van der Waals surface area contributed by atoms with Gasteiger partial charge in [-0.15, -0.1) is 0 Å². The molecule has 0 atom stereocenters. The molecule has 182 valence electrons. The van der Waals surface area contributed by atoms with Crippen molar-refractivity contribution in [3.8, 4) is 0 Å². The van der Waals surface area contributed by atoms with Crippen LogP contribution in [0, 0.1) is 0 Å². The predicted molar refractivity (Wildman–Crippen MR) is 159 cm³/mol. The molecule has 35 heavy (non-hydrogen) atoms. The Bertz CT molecular complexity index is 1000. The summed E-state index contributed by atoms with van der Waals surface area (Å²) in [5.74, 6) is 0. The molecule has 0 radical (unpaired) electrons. The Hall–Kier alpha value is -2.69. The van der Waals surface area contributed by atoms with Crippen LogP contribution in [0.1, 0.15) is 56.6 Å². The van der Waals surface area contributed by atoms with Crippen molar-refractivity contribution in [2.24, 2.45) is 0 Å². The molecule has 4 aromatic rings. The molecule has 0 amide bonds. The number of rotatable bonds is 13. The molecular weight excluding hydrogens is 439 g/mol. The van der Waals surface area contributed by atoms with Crippen LogP contribution in [0.3, 0.4) is 0 Å². The van der Waals surface area contributed by atoms with Gasteiger partial charge in [-0.3, -0.25) is 0 Å². The zero-order chi connectivity index (χ0) is 24.2. The first-order valence-electron chi connectivity index (χ1n) is 13.6. The van der Waals surface area contributed by atoms with Gasteiger partial charge in [-0.05, 0) is 0 Å². The average Bonchev–Trinajstić information content (AvgIpc) is 2.94. The van der Waals surface area contributed by atoms with Crippen LogP contribution in [0.4, 0.5) is 0 Å². The van der Waals surface area contributed by atoms with Crippen LogP contribution >= 0.6 is 7.26 Å². The molecule has 0 heterocycles. The maximum atomic E-state index is 2.37. The fraction of sp³-hybridized carbons (Fsp3) is 0.294. The molecule has 0 N–H and O–H groups in total. The SMILES string of the molecule is CCCCc1ccc(CCCCCC[PH](c2ccccc2)(c2ccccc2)c2ccccc2)cc1. The number of benzene rings is 4. The molecule has 0 aliphatic rings. The normalized spacial score (nSPS) is 11.9. The molecular formula is C34H41P. The van der Waals surface area contributed by atoms with Crippen LogP contribution < -0.4 is 15.9 Å². The Balaban J connectivity index is 1.42. The summed E-state index contributed by atoms with van der Waals surface area (Å²) in [7, 11) is -2.07. The Kier molecular flexibility index (Phi) is 9.74. The van der Waals surface area contributed by atoms with Gasteiger partial charge in [0, 0.05) is 0 Å². The van der Waals surface area contributed by atoms with E-state index in [2.05, 4.69) is 122 Å². The third-order valence-electron chi connectivity index (χ3n) is 7.41. The molecule has 0 aliphatic heterocycles. The molecule has 0 bridgehead atoms. The third kappa shape index (κ3) is 6.71. The molecule has 0 unspecified atom stereocenters. The van der Waals surface area contributed by atoms with Gasteiger partial charge < -0.3 is 0 Å². The van der Waals surface area contributed by atoms with Crippen molar-refractivity contribution in [3.63, 3.8) is 0 Å². The van der Waals surface area contributed by atoms with E-state index in [4.69, 9.17) is 0 Å². The van der Waals surface area contributed by atoms with Gasteiger partial charge in [0.05, 0.1) is 0 Å². The molecule has 1 heteroatoms. The third-order valence-corrected chi connectivity index (χ3v) is 12.5. The first-order valence-corrected chi connectivity index (χ1v) is 15.8. The van der Waals surface area contributed by atoms with Gasteiger partial charge in [-0.2, -0.15) is 0 Å². The summed E-state index contributed by atoms with van der Waals surface area (Å²) in [6.45, 7) is 2.26. The molecule has 0 fully saturated rings. The topological polar surface area (TPSA) is 0 Å². The molecule has 4 aromatic carbocycles. The van der Waals surface area contributed by atoms with Crippen molar-refractivity contribution in [1.29, 1.82) is 0 Å². The van der Waals surface area contributed by atoms with Crippen molar-refractivity contribution in [2.45, 2.75) is 58.3 Å². The average molecular weight is 481 g/mol. The minimum absolute atomic E-state index is 1.20. The Morgan fingerprint density at radius 1 is 0.429 bits per heavy atom. The zero-order valence-electron chi connectivity index (χ0n) is 21.3. The van der Waals surface area contributed by atoms with Gasteiger partial charge in [-0.1, -0.05) is 13.3 Å². The Labute approximate surface area is 213 Å². The predicted octanol–water partition coefficient (Wildman–Crippen LogP) is 7.86. The van der Waals surface area contributed by atoms with Gasteiger partial charge in [0.2, 0.25) is 0 Å². The minimum atomic E-state index is -2.07.